The summed E-state index contributed by atoms with van der Waals surface area (Å²) in [6.45, 7) is 5.16. The molecule has 1 amide bonds. The van der Waals surface area contributed by atoms with E-state index >= 15 is 0 Å². The van der Waals surface area contributed by atoms with E-state index in [1.54, 1.807) is 0 Å². The highest BCUT2D eigenvalue weighted by atomic mass is 32.1. The van der Waals surface area contributed by atoms with Crippen molar-refractivity contribution in [1.82, 2.24) is 15.1 Å². The van der Waals surface area contributed by atoms with Crippen LogP contribution in [0.1, 0.15) is 51.3 Å². The number of hydrogen-bond donors (Lipinski definition) is 3. The fraction of sp³-hybridized carbons (Fsp3) is 0.310. The highest BCUT2D eigenvalue weighted by molar-refractivity contribution is 7.12. The van der Waals surface area contributed by atoms with E-state index in [2.05, 4.69) is 38.6 Å². The standard InChI is InChI=1S/C29H32N4O2S/c1-20-13-17-36-28(20)29(35)30-27-18-22(19-33-14-10-21(11-15-33)12-16-34)6-7-23(27)8-9-26-24-4-2-3-5-25(24)31-32-26/h2-9,13,17-18,21,34H,10-12,14-16,19H2,1H3,(H,30,35)(H,31,32)/b9-8+. The molecule has 1 aliphatic heterocycles. The van der Waals surface area contributed by atoms with Crippen LogP contribution in [0.4, 0.5) is 5.69 Å². The molecular formula is C29H32N4O2S. The van der Waals surface area contributed by atoms with Crippen LogP contribution in [0.25, 0.3) is 23.1 Å². The van der Waals surface area contributed by atoms with E-state index in [0.29, 0.717) is 5.92 Å². The van der Waals surface area contributed by atoms with Crippen molar-refractivity contribution in [3.8, 4) is 0 Å². The van der Waals surface area contributed by atoms with E-state index < -0.39 is 0 Å². The Kier molecular flexibility index (Phi) is 7.60. The lowest BCUT2D eigenvalue weighted by Gasteiger charge is -2.31. The van der Waals surface area contributed by atoms with Crippen LogP contribution in [-0.4, -0.2) is 45.8 Å². The molecule has 0 unspecified atom stereocenters. The number of aliphatic hydroxyl groups is 1. The molecule has 5 rings (SSSR count). The Morgan fingerprint density at radius 2 is 2.03 bits per heavy atom. The van der Waals surface area contributed by atoms with E-state index in [9.17, 15) is 9.90 Å². The maximum absolute atomic E-state index is 13.1. The Labute approximate surface area is 215 Å². The number of H-pyrrole nitrogens is 1. The second kappa shape index (κ2) is 11.2. The summed E-state index contributed by atoms with van der Waals surface area (Å²) in [5, 5.41) is 22.9. The third kappa shape index (κ3) is 5.59. The molecule has 0 saturated carbocycles. The number of hydrogen-bond acceptors (Lipinski definition) is 5. The van der Waals surface area contributed by atoms with Gasteiger partial charge in [0.25, 0.3) is 5.91 Å². The van der Waals surface area contributed by atoms with Crippen LogP contribution in [0.5, 0.6) is 0 Å². The average molecular weight is 501 g/mol. The number of aromatic nitrogens is 2. The molecule has 0 aliphatic carbocycles. The minimum atomic E-state index is -0.0793. The second-order valence-electron chi connectivity index (χ2n) is 9.53. The molecule has 1 saturated heterocycles. The number of carbonyl (C=O) groups excluding carboxylic acids is 1. The minimum absolute atomic E-state index is 0.0793. The SMILES string of the molecule is Cc1ccsc1C(=O)Nc1cc(CN2CCC(CCO)CC2)ccc1/C=C/c1n[nH]c2ccccc12. The normalized spacial score (nSPS) is 15.2. The van der Waals surface area contributed by atoms with Gasteiger partial charge in [0.15, 0.2) is 0 Å². The summed E-state index contributed by atoms with van der Waals surface area (Å²) in [6, 6.07) is 16.4. The molecule has 186 valence electrons. The maximum atomic E-state index is 13.1. The molecule has 3 N–H and O–H groups in total. The molecule has 6 nitrogen and oxygen atoms in total. The number of piperidine rings is 1. The molecule has 4 aromatic rings. The Morgan fingerprint density at radius 1 is 1.19 bits per heavy atom. The second-order valence-corrected chi connectivity index (χ2v) is 10.4. The molecule has 36 heavy (non-hydrogen) atoms. The topological polar surface area (TPSA) is 81.2 Å². The quantitative estimate of drug-likeness (QED) is 0.279. The molecule has 2 aromatic carbocycles. The number of fused-ring (bicyclic) bond motifs is 1. The third-order valence-electron chi connectivity index (χ3n) is 7.01. The molecule has 3 heterocycles. The number of anilines is 1. The highest BCUT2D eigenvalue weighted by Gasteiger charge is 2.19. The zero-order valence-corrected chi connectivity index (χ0v) is 21.4. The Balaban J connectivity index is 1.38. The van der Waals surface area contributed by atoms with Gasteiger partial charge in [0.05, 0.1) is 16.1 Å². The van der Waals surface area contributed by atoms with Crippen LogP contribution in [-0.2, 0) is 6.54 Å². The van der Waals surface area contributed by atoms with Gasteiger partial charge in [0.1, 0.15) is 0 Å². The van der Waals surface area contributed by atoms with Gasteiger partial charge in [-0.05, 0) is 91.5 Å². The number of rotatable bonds is 8. The van der Waals surface area contributed by atoms with E-state index in [-0.39, 0.29) is 12.5 Å². The molecule has 7 heteroatoms. The molecule has 0 spiro atoms. The summed E-state index contributed by atoms with van der Waals surface area (Å²) in [6.07, 6.45) is 7.16. The van der Waals surface area contributed by atoms with Gasteiger partial charge in [0, 0.05) is 24.2 Å². The summed E-state index contributed by atoms with van der Waals surface area (Å²) in [5.74, 6) is 0.546. The number of thiophene rings is 1. The van der Waals surface area contributed by atoms with Crippen LogP contribution in [0.3, 0.4) is 0 Å². The number of para-hydroxylation sites is 1. The molecule has 0 radical (unpaired) electrons. The number of nitrogens with one attached hydrogen (secondary N) is 2. The first kappa shape index (κ1) is 24.4. The van der Waals surface area contributed by atoms with Crippen LogP contribution in [0.2, 0.25) is 0 Å². The largest absolute Gasteiger partial charge is 0.396 e. The van der Waals surface area contributed by atoms with Crippen molar-refractivity contribution in [2.24, 2.45) is 5.92 Å². The fourth-order valence-corrected chi connectivity index (χ4v) is 5.71. The number of benzene rings is 2. The molecule has 2 aromatic heterocycles. The van der Waals surface area contributed by atoms with Gasteiger partial charge in [-0.15, -0.1) is 11.3 Å². The van der Waals surface area contributed by atoms with E-state index in [1.807, 2.05) is 54.8 Å². The van der Waals surface area contributed by atoms with Crippen molar-refractivity contribution >= 4 is 46.0 Å². The Hall–Kier alpha value is -3.26. The minimum Gasteiger partial charge on any atom is -0.396 e. The van der Waals surface area contributed by atoms with E-state index in [0.717, 1.165) is 77.2 Å². The highest BCUT2D eigenvalue weighted by Crippen LogP contribution is 2.27. The number of likely N-dealkylation sites (tertiary alicyclic amines) is 1. The summed E-state index contributed by atoms with van der Waals surface area (Å²) in [7, 11) is 0. The number of amides is 1. The van der Waals surface area contributed by atoms with Gasteiger partial charge in [-0.25, -0.2) is 0 Å². The summed E-state index contributed by atoms with van der Waals surface area (Å²) in [5.41, 5.74) is 5.77. The van der Waals surface area contributed by atoms with Gasteiger partial charge in [-0.3, -0.25) is 14.8 Å². The van der Waals surface area contributed by atoms with Crippen molar-refractivity contribution in [3.05, 3.63) is 81.2 Å². The van der Waals surface area contributed by atoms with Gasteiger partial charge >= 0.3 is 0 Å². The predicted octanol–water partition coefficient (Wildman–Crippen LogP) is 5.95. The van der Waals surface area contributed by atoms with Crippen molar-refractivity contribution in [3.63, 3.8) is 0 Å². The first-order valence-electron chi connectivity index (χ1n) is 12.5. The zero-order valence-electron chi connectivity index (χ0n) is 20.5. The smallest absolute Gasteiger partial charge is 0.266 e. The summed E-state index contributed by atoms with van der Waals surface area (Å²) < 4.78 is 0. The van der Waals surface area contributed by atoms with Crippen molar-refractivity contribution in [2.75, 3.05) is 25.0 Å². The molecular weight excluding hydrogens is 468 g/mol. The Bertz CT molecular complexity index is 1360. The number of aliphatic hydroxyl groups excluding tert-OH is 1. The first-order chi connectivity index (χ1) is 17.6. The lowest BCUT2D eigenvalue weighted by molar-refractivity contribution is 0.103. The molecule has 1 fully saturated rings. The van der Waals surface area contributed by atoms with Crippen LogP contribution in [0.15, 0.2) is 53.9 Å². The lowest BCUT2D eigenvalue weighted by atomic mass is 9.93. The van der Waals surface area contributed by atoms with Gasteiger partial charge in [0.2, 0.25) is 0 Å². The van der Waals surface area contributed by atoms with Crippen LogP contribution >= 0.6 is 11.3 Å². The van der Waals surface area contributed by atoms with E-state index in [1.165, 1.54) is 16.9 Å². The molecule has 0 bridgehead atoms. The van der Waals surface area contributed by atoms with Gasteiger partial charge in [-0.2, -0.15) is 5.10 Å². The van der Waals surface area contributed by atoms with Crippen molar-refractivity contribution in [2.45, 2.75) is 32.7 Å². The molecule has 1 aliphatic rings. The summed E-state index contributed by atoms with van der Waals surface area (Å²) >= 11 is 1.46. The van der Waals surface area contributed by atoms with Crippen LogP contribution in [0, 0.1) is 12.8 Å². The zero-order chi connectivity index (χ0) is 24.9. The fourth-order valence-electron chi connectivity index (χ4n) is 4.89. The first-order valence-corrected chi connectivity index (χ1v) is 13.4. The third-order valence-corrected chi connectivity index (χ3v) is 8.02. The predicted molar refractivity (Wildman–Crippen MR) is 148 cm³/mol. The van der Waals surface area contributed by atoms with Crippen molar-refractivity contribution < 1.29 is 9.90 Å². The number of aryl methyl sites for hydroxylation is 1. The van der Waals surface area contributed by atoms with Crippen LogP contribution < -0.4 is 5.32 Å². The van der Waals surface area contributed by atoms with E-state index in [4.69, 9.17) is 0 Å². The summed E-state index contributed by atoms with van der Waals surface area (Å²) in [4.78, 5) is 16.3. The van der Waals surface area contributed by atoms with Gasteiger partial charge < -0.3 is 10.4 Å². The number of carbonyl (C=O) groups is 1. The Morgan fingerprint density at radius 3 is 2.81 bits per heavy atom. The molecule has 0 atom stereocenters. The number of aromatic amines is 1. The average Bonchev–Trinajstić information content (AvgIpc) is 3.51. The lowest BCUT2D eigenvalue weighted by Crippen LogP contribution is -2.33. The maximum Gasteiger partial charge on any atom is 0.266 e. The van der Waals surface area contributed by atoms with Gasteiger partial charge in [-0.1, -0.05) is 36.4 Å². The number of nitrogens with zero attached hydrogens (tertiary/aromatic N) is 2. The van der Waals surface area contributed by atoms with Crippen molar-refractivity contribution in [1.29, 1.82) is 0 Å². The monoisotopic (exact) mass is 500 g/mol.